The van der Waals surface area contributed by atoms with Crippen LogP contribution in [0.2, 0.25) is 0 Å². The number of carbonyl (C=O) groups is 2. The Balaban J connectivity index is 2.49. The molecule has 1 aromatic carbocycles. The Labute approximate surface area is 114 Å². The van der Waals surface area contributed by atoms with E-state index in [9.17, 15) is 9.59 Å². The van der Waals surface area contributed by atoms with Gasteiger partial charge in [-0.1, -0.05) is 30.3 Å². The summed E-state index contributed by atoms with van der Waals surface area (Å²) in [5.74, 6) is -0.351. The van der Waals surface area contributed by atoms with Crippen molar-refractivity contribution in [2.75, 3.05) is 13.1 Å². The van der Waals surface area contributed by atoms with Crippen LogP contribution in [0.3, 0.4) is 0 Å². The van der Waals surface area contributed by atoms with Crippen molar-refractivity contribution in [1.82, 2.24) is 10.2 Å². The summed E-state index contributed by atoms with van der Waals surface area (Å²) < 4.78 is 0. The van der Waals surface area contributed by atoms with Crippen molar-refractivity contribution in [3.8, 4) is 0 Å². The van der Waals surface area contributed by atoms with E-state index in [2.05, 4.69) is 5.32 Å². The van der Waals surface area contributed by atoms with Gasteiger partial charge in [0.1, 0.15) is 6.42 Å². The first kappa shape index (κ1) is 15.2. The van der Waals surface area contributed by atoms with Crippen LogP contribution in [0.5, 0.6) is 0 Å². The zero-order valence-electron chi connectivity index (χ0n) is 11.8. The van der Waals surface area contributed by atoms with Gasteiger partial charge in [-0.05, 0) is 26.3 Å². The molecule has 1 N–H and O–H groups in total. The van der Waals surface area contributed by atoms with Crippen LogP contribution in [0.15, 0.2) is 30.3 Å². The Bertz CT molecular complexity index is 413. The van der Waals surface area contributed by atoms with E-state index in [0.717, 1.165) is 5.56 Å². The minimum absolute atomic E-state index is 0.0845. The van der Waals surface area contributed by atoms with E-state index in [1.807, 2.05) is 51.1 Å². The summed E-state index contributed by atoms with van der Waals surface area (Å²) in [4.78, 5) is 25.3. The van der Waals surface area contributed by atoms with Crippen LogP contribution < -0.4 is 5.32 Å². The van der Waals surface area contributed by atoms with Gasteiger partial charge < -0.3 is 10.2 Å². The molecule has 0 aromatic heterocycles. The fourth-order valence-corrected chi connectivity index (χ4v) is 1.94. The number of hydrogen-bond donors (Lipinski definition) is 1. The Morgan fingerprint density at radius 2 is 1.74 bits per heavy atom. The molecule has 0 saturated heterocycles. The van der Waals surface area contributed by atoms with E-state index in [0.29, 0.717) is 13.1 Å². The monoisotopic (exact) mass is 262 g/mol. The molecular weight excluding hydrogens is 240 g/mol. The van der Waals surface area contributed by atoms with Crippen LogP contribution in [-0.4, -0.2) is 29.8 Å². The summed E-state index contributed by atoms with van der Waals surface area (Å²) in [7, 11) is 0. The van der Waals surface area contributed by atoms with Gasteiger partial charge in [-0.15, -0.1) is 0 Å². The number of carbonyl (C=O) groups excluding carboxylic acids is 2. The Hall–Kier alpha value is -1.84. The molecule has 1 aromatic rings. The van der Waals surface area contributed by atoms with Gasteiger partial charge >= 0.3 is 0 Å². The highest BCUT2D eigenvalue weighted by atomic mass is 16.2. The van der Waals surface area contributed by atoms with Crippen molar-refractivity contribution in [2.24, 2.45) is 0 Å². The molecule has 0 radical (unpaired) electrons. The first-order valence-corrected chi connectivity index (χ1v) is 6.70. The fourth-order valence-electron chi connectivity index (χ4n) is 1.94. The molecule has 1 rings (SSSR count). The Morgan fingerprint density at radius 1 is 1.16 bits per heavy atom. The molecule has 0 heterocycles. The minimum atomic E-state index is -0.228. The molecule has 104 valence electrons. The van der Waals surface area contributed by atoms with E-state index in [1.54, 1.807) is 4.90 Å². The van der Waals surface area contributed by atoms with Crippen molar-refractivity contribution in [3.05, 3.63) is 35.9 Å². The first-order chi connectivity index (χ1) is 9.08. The second kappa shape index (κ2) is 7.56. The number of nitrogens with zero attached hydrogens (tertiary/aromatic N) is 1. The lowest BCUT2D eigenvalue weighted by Gasteiger charge is -2.19. The zero-order valence-corrected chi connectivity index (χ0v) is 11.8. The molecule has 0 bridgehead atoms. The summed E-state index contributed by atoms with van der Waals surface area (Å²) in [5.41, 5.74) is 1.03. The smallest absolute Gasteiger partial charge is 0.231 e. The van der Waals surface area contributed by atoms with E-state index < -0.39 is 0 Å². The molecular formula is C15H22N2O2. The highest BCUT2D eigenvalue weighted by Crippen LogP contribution is 2.11. The largest absolute Gasteiger partial charge is 0.349 e. The quantitative estimate of drug-likeness (QED) is 0.798. The lowest BCUT2D eigenvalue weighted by atomic mass is 10.1. The molecule has 0 aliphatic heterocycles. The highest BCUT2D eigenvalue weighted by molar-refractivity contribution is 5.97. The SMILES string of the molecule is CCN(CC)C(=O)CC(=O)NC(C)c1ccccc1. The molecule has 0 spiro atoms. The van der Waals surface area contributed by atoms with Crippen LogP contribution >= 0.6 is 0 Å². The third-order valence-electron chi connectivity index (χ3n) is 3.10. The molecule has 1 unspecified atom stereocenters. The second-order valence-corrected chi connectivity index (χ2v) is 4.44. The maximum Gasteiger partial charge on any atom is 0.231 e. The molecule has 19 heavy (non-hydrogen) atoms. The maximum absolute atomic E-state index is 11.8. The second-order valence-electron chi connectivity index (χ2n) is 4.44. The number of amides is 2. The van der Waals surface area contributed by atoms with Crippen molar-refractivity contribution in [2.45, 2.75) is 33.2 Å². The lowest BCUT2D eigenvalue weighted by Crippen LogP contribution is -2.36. The van der Waals surface area contributed by atoms with Crippen molar-refractivity contribution >= 4 is 11.8 Å². The van der Waals surface area contributed by atoms with Crippen molar-refractivity contribution < 1.29 is 9.59 Å². The predicted octanol–water partition coefficient (Wildman–Crippen LogP) is 2.12. The van der Waals surface area contributed by atoms with Gasteiger partial charge in [-0.3, -0.25) is 9.59 Å². The average Bonchev–Trinajstić information content (AvgIpc) is 2.40. The molecule has 0 saturated carbocycles. The third kappa shape index (κ3) is 4.73. The normalized spacial score (nSPS) is 11.7. The zero-order chi connectivity index (χ0) is 14.3. The van der Waals surface area contributed by atoms with Gasteiger partial charge in [-0.25, -0.2) is 0 Å². The number of nitrogens with one attached hydrogen (secondary N) is 1. The predicted molar refractivity (Wildman–Crippen MR) is 75.5 cm³/mol. The van der Waals surface area contributed by atoms with Gasteiger partial charge in [0.05, 0.1) is 6.04 Å². The fraction of sp³-hybridized carbons (Fsp3) is 0.467. The van der Waals surface area contributed by atoms with Gasteiger partial charge in [-0.2, -0.15) is 0 Å². The molecule has 4 heteroatoms. The van der Waals surface area contributed by atoms with Crippen LogP contribution in [0, 0.1) is 0 Å². The van der Waals surface area contributed by atoms with Gasteiger partial charge in [0.2, 0.25) is 11.8 Å². The lowest BCUT2D eigenvalue weighted by molar-refractivity contribution is -0.136. The van der Waals surface area contributed by atoms with Crippen LogP contribution in [0.1, 0.15) is 38.8 Å². The number of rotatable bonds is 6. The molecule has 1 atom stereocenters. The Kier molecular flexibility index (Phi) is 6.06. The number of hydrogen-bond acceptors (Lipinski definition) is 2. The third-order valence-corrected chi connectivity index (χ3v) is 3.10. The van der Waals surface area contributed by atoms with E-state index in [4.69, 9.17) is 0 Å². The summed E-state index contributed by atoms with van der Waals surface area (Å²) in [6.07, 6.45) is -0.0845. The van der Waals surface area contributed by atoms with E-state index in [-0.39, 0.29) is 24.3 Å². The van der Waals surface area contributed by atoms with Crippen LogP contribution in [-0.2, 0) is 9.59 Å². The molecule has 0 fully saturated rings. The Morgan fingerprint density at radius 3 is 2.26 bits per heavy atom. The van der Waals surface area contributed by atoms with E-state index >= 15 is 0 Å². The molecule has 0 aliphatic carbocycles. The standard InChI is InChI=1S/C15H22N2O2/c1-4-17(5-2)15(19)11-14(18)16-12(3)13-9-7-6-8-10-13/h6-10,12H,4-5,11H2,1-3H3,(H,16,18). The number of benzene rings is 1. The minimum Gasteiger partial charge on any atom is -0.349 e. The van der Waals surface area contributed by atoms with Crippen LogP contribution in [0.25, 0.3) is 0 Å². The van der Waals surface area contributed by atoms with Crippen molar-refractivity contribution in [3.63, 3.8) is 0 Å². The average molecular weight is 262 g/mol. The molecule has 2 amide bonds. The summed E-state index contributed by atoms with van der Waals surface area (Å²) in [6, 6.07) is 9.62. The summed E-state index contributed by atoms with van der Waals surface area (Å²) >= 11 is 0. The van der Waals surface area contributed by atoms with Gasteiger partial charge in [0.15, 0.2) is 0 Å². The highest BCUT2D eigenvalue weighted by Gasteiger charge is 2.16. The van der Waals surface area contributed by atoms with E-state index in [1.165, 1.54) is 0 Å². The van der Waals surface area contributed by atoms with Gasteiger partial charge in [0.25, 0.3) is 0 Å². The maximum atomic E-state index is 11.8. The van der Waals surface area contributed by atoms with Gasteiger partial charge in [0, 0.05) is 13.1 Å². The van der Waals surface area contributed by atoms with Crippen LogP contribution in [0.4, 0.5) is 0 Å². The first-order valence-electron chi connectivity index (χ1n) is 6.70. The molecule has 4 nitrogen and oxygen atoms in total. The summed E-state index contributed by atoms with van der Waals surface area (Å²) in [6.45, 7) is 7.00. The van der Waals surface area contributed by atoms with Crippen molar-refractivity contribution in [1.29, 1.82) is 0 Å². The topological polar surface area (TPSA) is 49.4 Å². The molecule has 0 aliphatic rings. The summed E-state index contributed by atoms with van der Waals surface area (Å²) in [5, 5.41) is 2.84.